The summed E-state index contributed by atoms with van der Waals surface area (Å²) in [4.78, 5) is 28.2. The van der Waals surface area contributed by atoms with Crippen LogP contribution in [0, 0.1) is 20.8 Å². The van der Waals surface area contributed by atoms with Crippen LogP contribution >= 0.6 is 0 Å². The maximum absolute atomic E-state index is 12.5. The lowest BCUT2D eigenvalue weighted by Gasteiger charge is -2.11. The predicted octanol–water partition coefficient (Wildman–Crippen LogP) is 3.22. The molecule has 2 aromatic heterocycles. The van der Waals surface area contributed by atoms with Crippen LogP contribution in [0.5, 0.6) is 11.6 Å². The third-order valence-electron chi connectivity index (χ3n) is 3.58. The first kappa shape index (κ1) is 15.0. The van der Waals surface area contributed by atoms with E-state index in [2.05, 4.69) is 4.98 Å². The molecular formula is C18H16N2O3. The Morgan fingerprint density at radius 3 is 2.48 bits per heavy atom. The molecule has 0 aliphatic heterocycles. The van der Waals surface area contributed by atoms with Crippen LogP contribution in [0.2, 0.25) is 0 Å². The number of aryl methyl sites for hydroxylation is 3. The molecule has 0 atom stereocenters. The minimum atomic E-state index is -0.437. The number of rotatable bonds is 3. The Hall–Kier alpha value is -2.95. The predicted molar refractivity (Wildman–Crippen MR) is 87.6 cm³/mol. The zero-order valence-electron chi connectivity index (χ0n) is 13.2. The lowest BCUT2D eigenvalue weighted by Crippen LogP contribution is -2.21. The summed E-state index contributed by atoms with van der Waals surface area (Å²) in [5.74, 6) is 0.583. The molecule has 0 N–H and O–H groups in total. The largest absolute Gasteiger partial charge is 0.438 e. The molecule has 0 spiro atoms. The second kappa shape index (κ2) is 5.68. The molecule has 0 fully saturated rings. The summed E-state index contributed by atoms with van der Waals surface area (Å²) < 4.78 is 7.10. The van der Waals surface area contributed by atoms with Gasteiger partial charge in [-0.25, -0.2) is 0 Å². The average molecular weight is 308 g/mol. The molecule has 23 heavy (non-hydrogen) atoms. The monoisotopic (exact) mass is 308 g/mol. The van der Waals surface area contributed by atoms with Gasteiger partial charge >= 0.3 is 0 Å². The highest BCUT2D eigenvalue weighted by molar-refractivity contribution is 5.78. The summed E-state index contributed by atoms with van der Waals surface area (Å²) in [6, 6.07) is 9.28. The first-order chi connectivity index (χ1) is 11.0. The summed E-state index contributed by atoms with van der Waals surface area (Å²) >= 11 is 0. The second-order valence-electron chi connectivity index (χ2n) is 5.56. The van der Waals surface area contributed by atoms with Crippen molar-refractivity contribution < 1.29 is 9.53 Å². The maximum Gasteiger partial charge on any atom is 0.272 e. The Morgan fingerprint density at radius 2 is 1.83 bits per heavy atom. The number of carbonyl (C=O) groups is 1. The van der Waals surface area contributed by atoms with E-state index in [0.29, 0.717) is 17.7 Å². The van der Waals surface area contributed by atoms with E-state index in [0.717, 1.165) is 16.7 Å². The van der Waals surface area contributed by atoms with Crippen molar-refractivity contribution in [2.24, 2.45) is 0 Å². The van der Waals surface area contributed by atoms with Gasteiger partial charge in [0.2, 0.25) is 5.88 Å². The van der Waals surface area contributed by atoms with E-state index in [-0.39, 0.29) is 11.4 Å². The van der Waals surface area contributed by atoms with Crippen molar-refractivity contribution in [1.29, 1.82) is 0 Å². The minimum absolute atomic E-state index is 0.0318. The minimum Gasteiger partial charge on any atom is -0.438 e. The number of carbonyl (C=O) groups excluding carboxylic acids is 1. The van der Waals surface area contributed by atoms with E-state index in [1.165, 1.54) is 4.40 Å². The molecule has 0 saturated carbocycles. The van der Waals surface area contributed by atoms with Crippen molar-refractivity contribution in [1.82, 2.24) is 9.38 Å². The molecule has 2 heterocycles. The van der Waals surface area contributed by atoms with Gasteiger partial charge in [-0.05, 0) is 55.7 Å². The van der Waals surface area contributed by atoms with Crippen LogP contribution in [0.3, 0.4) is 0 Å². The average Bonchev–Trinajstić information content (AvgIpc) is 2.48. The first-order valence-corrected chi connectivity index (χ1v) is 7.23. The number of fused-ring (bicyclic) bond motifs is 1. The number of hydrogen-bond acceptors (Lipinski definition) is 4. The van der Waals surface area contributed by atoms with Crippen molar-refractivity contribution >= 4 is 11.9 Å². The number of aldehydes is 1. The van der Waals surface area contributed by atoms with Crippen LogP contribution in [0.25, 0.3) is 5.65 Å². The number of pyridine rings is 1. The third-order valence-corrected chi connectivity index (χ3v) is 3.58. The number of hydrogen-bond donors (Lipinski definition) is 0. The Balaban J connectivity index is 2.22. The van der Waals surface area contributed by atoms with Gasteiger partial charge in [0, 0.05) is 6.20 Å². The summed E-state index contributed by atoms with van der Waals surface area (Å²) in [6.45, 7) is 5.75. The summed E-state index contributed by atoms with van der Waals surface area (Å²) in [7, 11) is 0. The molecule has 0 aliphatic rings. The van der Waals surface area contributed by atoms with Gasteiger partial charge in [-0.15, -0.1) is 0 Å². The topological polar surface area (TPSA) is 60.7 Å². The van der Waals surface area contributed by atoms with Gasteiger partial charge in [-0.1, -0.05) is 12.1 Å². The van der Waals surface area contributed by atoms with Gasteiger partial charge in [0.15, 0.2) is 6.29 Å². The lowest BCUT2D eigenvalue weighted by atomic mass is 10.1. The molecule has 0 saturated heterocycles. The van der Waals surface area contributed by atoms with E-state index in [1.807, 2.05) is 45.0 Å². The van der Waals surface area contributed by atoms with Crippen LogP contribution in [-0.4, -0.2) is 15.7 Å². The fourth-order valence-corrected chi connectivity index (χ4v) is 2.57. The fraction of sp³-hybridized carbons (Fsp3) is 0.167. The molecule has 5 nitrogen and oxygen atoms in total. The molecule has 3 rings (SSSR count). The quantitative estimate of drug-likeness (QED) is 0.697. The van der Waals surface area contributed by atoms with E-state index >= 15 is 0 Å². The summed E-state index contributed by atoms with van der Waals surface area (Å²) in [5.41, 5.74) is 2.83. The number of benzene rings is 1. The Bertz CT molecular complexity index is 954. The number of ether oxygens (including phenoxy) is 1. The van der Waals surface area contributed by atoms with Gasteiger partial charge in [-0.2, -0.15) is 4.98 Å². The molecule has 0 bridgehead atoms. The second-order valence-corrected chi connectivity index (χ2v) is 5.56. The Labute approximate surface area is 133 Å². The smallest absolute Gasteiger partial charge is 0.272 e. The molecule has 3 aromatic rings. The zero-order chi connectivity index (χ0) is 16.6. The van der Waals surface area contributed by atoms with E-state index in [4.69, 9.17) is 4.74 Å². The van der Waals surface area contributed by atoms with Gasteiger partial charge in [0.1, 0.15) is 17.0 Å². The Kier molecular flexibility index (Phi) is 3.70. The van der Waals surface area contributed by atoms with E-state index in [9.17, 15) is 9.59 Å². The Morgan fingerprint density at radius 1 is 1.13 bits per heavy atom. The normalized spacial score (nSPS) is 10.7. The van der Waals surface area contributed by atoms with Gasteiger partial charge in [0.05, 0.1) is 0 Å². The molecule has 0 radical (unpaired) electrons. The highest BCUT2D eigenvalue weighted by atomic mass is 16.5. The van der Waals surface area contributed by atoms with Crippen molar-refractivity contribution in [3.63, 3.8) is 0 Å². The van der Waals surface area contributed by atoms with Crippen LogP contribution < -0.4 is 10.3 Å². The standard InChI is InChI=1S/C18H16N2O3/c1-11-7-12(2)9-14(8-11)23-17-15(10-21)18(22)20-6-4-5-13(3)16(20)19-17/h4-10H,1-3H3. The summed E-state index contributed by atoms with van der Waals surface area (Å²) in [6.07, 6.45) is 2.08. The van der Waals surface area contributed by atoms with Crippen LogP contribution in [0.15, 0.2) is 41.3 Å². The maximum atomic E-state index is 12.5. The molecule has 0 aliphatic carbocycles. The highest BCUT2D eigenvalue weighted by Crippen LogP contribution is 2.24. The van der Waals surface area contributed by atoms with Crippen molar-refractivity contribution in [2.45, 2.75) is 20.8 Å². The van der Waals surface area contributed by atoms with Gasteiger partial charge in [-0.3, -0.25) is 14.0 Å². The molecule has 0 amide bonds. The molecule has 0 unspecified atom stereocenters. The van der Waals surface area contributed by atoms with Crippen LogP contribution in [0.1, 0.15) is 27.0 Å². The lowest BCUT2D eigenvalue weighted by molar-refractivity contribution is 0.111. The number of nitrogens with zero attached hydrogens (tertiary/aromatic N) is 2. The SMILES string of the molecule is Cc1cc(C)cc(Oc2nc3c(C)cccn3c(=O)c2C=O)c1. The molecule has 1 aromatic carbocycles. The van der Waals surface area contributed by atoms with Crippen LogP contribution in [0.4, 0.5) is 0 Å². The molecular weight excluding hydrogens is 292 g/mol. The van der Waals surface area contributed by atoms with E-state index in [1.54, 1.807) is 12.3 Å². The van der Waals surface area contributed by atoms with Crippen LogP contribution in [-0.2, 0) is 0 Å². The third kappa shape index (κ3) is 2.73. The summed E-state index contributed by atoms with van der Waals surface area (Å²) in [5, 5.41) is 0. The highest BCUT2D eigenvalue weighted by Gasteiger charge is 2.15. The van der Waals surface area contributed by atoms with Crippen molar-refractivity contribution in [3.8, 4) is 11.6 Å². The zero-order valence-corrected chi connectivity index (χ0v) is 13.2. The first-order valence-electron chi connectivity index (χ1n) is 7.23. The molecule has 116 valence electrons. The van der Waals surface area contributed by atoms with Gasteiger partial charge < -0.3 is 4.74 Å². The van der Waals surface area contributed by atoms with Crippen molar-refractivity contribution in [2.75, 3.05) is 0 Å². The van der Waals surface area contributed by atoms with Crippen molar-refractivity contribution in [3.05, 3.63) is 69.1 Å². The fourth-order valence-electron chi connectivity index (χ4n) is 2.57. The van der Waals surface area contributed by atoms with Gasteiger partial charge in [0.25, 0.3) is 5.56 Å². The number of aromatic nitrogens is 2. The molecule has 5 heteroatoms. The van der Waals surface area contributed by atoms with E-state index < -0.39 is 5.56 Å².